The van der Waals surface area contributed by atoms with Crippen molar-refractivity contribution in [1.29, 1.82) is 0 Å². The summed E-state index contributed by atoms with van der Waals surface area (Å²) in [6, 6.07) is 0. The molecule has 64 valence electrons. The lowest BCUT2D eigenvalue weighted by molar-refractivity contribution is 0.0795. The first-order valence-corrected chi connectivity index (χ1v) is 5.48. The number of halogens is 1. The van der Waals surface area contributed by atoms with Crippen molar-refractivity contribution in [3.8, 4) is 0 Å². The summed E-state index contributed by atoms with van der Waals surface area (Å²) in [5, 5.41) is 9.39. The Balaban J connectivity index is 2.50. The first kappa shape index (κ1) is 9.44. The molecule has 2 atom stereocenters. The van der Waals surface area contributed by atoms with Gasteiger partial charge < -0.3 is 9.53 Å². The summed E-state index contributed by atoms with van der Waals surface area (Å²) in [4.78, 5) is 1.91. The van der Waals surface area contributed by atoms with E-state index >= 15 is 0 Å². The Morgan fingerprint density at radius 3 is 2.91 bits per heavy atom. The fourth-order valence-electron chi connectivity index (χ4n) is 1.42. The first-order chi connectivity index (χ1) is 5.26. The zero-order chi connectivity index (χ0) is 8.27. The third-order valence-electron chi connectivity index (χ3n) is 2.01. The Bertz CT molecular complexity index is 161. The van der Waals surface area contributed by atoms with Gasteiger partial charge in [0, 0.05) is 0 Å². The first-order valence-electron chi connectivity index (χ1n) is 3.75. The number of hydrogen-bond acceptors (Lipinski definition) is 2. The molecule has 4 heteroatoms. The zero-order valence-corrected chi connectivity index (χ0v) is 10.2. The molecule has 0 aromatic carbocycles. The van der Waals surface area contributed by atoms with E-state index in [0.717, 1.165) is 29.7 Å². The quantitative estimate of drug-likeness (QED) is 0.672. The molecule has 0 spiro atoms. The highest BCUT2D eigenvalue weighted by molar-refractivity contribution is 9.11. The van der Waals surface area contributed by atoms with Crippen molar-refractivity contribution in [2.45, 2.75) is 31.5 Å². The van der Waals surface area contributed by atoms with Crippen LogP contribution in [0, 0.1) is 0 Å². The molecule has 0 aromatic heterocycles. The molecule has 2 unspecified atom stereocenters. The predicted octanol–water partition coefficient (Wildman–Crippen LogP) is 0.476. The van der Waals surface area contributed by atoms with Gasteiger partial charge in [-0.3, -0.25) is 0 Å². The van der Waals surface area contributed by atoms with E-state index in [1.807, 2.05) is 4.99 Å². The van der Waals surface area contributed by atoms with Gasteiger partial charge in [0.25, 0.3) is 0 Å². The summed E-state index contributed by atoms with van der Waals surface area (Å²) in [5.74, 6) is 0. The number of aliphatic hydroxyl groups is 1. The fourth-order valence-corrected chi connectivity index (χ4v) is 2.15. The molecular weight excluding hydrogens is 224 g/mol. The Hall–Kier alpha value is 0.357. The zero-order valence-electron chi connectivity index (χ0n) is 6.59. The van der Waals surface area contributed by atoms with Crippen molar-refractivity contribution in [3.63, 3.8) is 0 Å². The third kappa shape index (κ3) is 2.70. The van der Waals surface area contributed by atoms with Crippen LogP contribution in [0.3, 0.4) is 0 Å². The summed E-state index contributed by atoms with van der Waals surface area (Å²) in [7, 11) is 0.761. The predicted molar refractivity (Wildman–Crippen MR) is 51.7 cm³/mol. The van der Waals surface area contributed by atoms with Crippen molar-refractivity contribution >= 4 is 26.4 Å². The van der Waals surface area contributed by atoms with Gasteiger partial charge in [-0.25, -0.2) is 0 Å². The van der Waals surface area contributed by atoms with Gasteiger partial charge in [0.2, 0.25) is 0 Å². The van der Waals surface area contributed by atoms with Crippen LogP contribution in [-0.4, -0.2) is 27.8 Å². The lowest BCUT2D eigenvalue weighted by Gasteiger charge is -2.27. The molecule has 0 aliphatic heterocycles. The molecular formula is C7H13BrO2Si. The van der Waals surface area contributed by atoms with Gasteiger partial charge in [0.05, 0.1) is 12.2 Å². The molecule has 1 aliphatic carbocycles. The molecule has 0 bridgehead atoms. The maximum atomic E-state index is 9.39. The molecule has 1 fully saturated rings. The summed E-state index contributed by atoms with van der Waals surface area (Å²) >= 11 is 3.28. The van der Waals surface area contributed by atoms with Gasteiger partial charge in [0.15, 0.2) is 0 Å². The van der Waals surface area contributed by atoms with E-state index in [1.54, 1.807) is 0 Å². The van der Waals surface area contributed by atoms with E-state index in [9.17, 15) is 5.11 Å². The van der Waals surface area contributed by atoms with Crippen LogP contribution in [0.4, 0.5) is 0 Å². The van der Waals surface area contributed by atoms with Gasteiger partial charge in [0.1, 0.15) is 10.5 Å². The Morgan fingerprint density at radius 1 is 1.64 bits per heavy atom. The van der Waals surface area contributed by atoms with E-state index in [2.05, 4.69) is 15.9 Å². The fraction of sp³-hybridized carbons (Fsp3) is 0.714. The smallest absolute Gasteiger partial charge is 0.146 e. The SMILES string of the molecule is OC1CC(=CBr)CC(O[SiH3])C1. The summed E-state index contributed by atoms with van der Waals surface area (Å²) < 4.78 is 5.31. The van der Waals surface area contributed by atoms with Crippen molar-refractivity contribution in [3.05, 3.63) is 10.6 Å². The highest BCUT2D eigenvalue weighted by atomic mass is 79.9. The van der Waals surface area contributed by atoms with E-state index in [1.165, 1.54) is 5.57 Å². The number of aliphatic hydroxyl groups excluding tert-OH is 1. The van der Waals surface area contributed by atoms with Gasteiger partial charge >= 0.3 is 0 Å². The molecule has 11 heavy (non-hydrogen) atoms. The lowest BCUT2D eigenvalue weighted by atomic mass is 9.91. The molecule has 0 saturated heterocycles. The van der Waals surface area contributed by atoms with E-state index in [4.69, 9.17) is 4.43 Å². The van der Waals surface area contributed by atoms with Gasteiger partial charge in [-0.15, -0.1) is 0 Å². The highest BCUT2D eigenvalue weighted by Gasteiger charge is 2.22. The van der Waals surface area contributed by atoms with E-state index in [0.29, 0.717) is 0 Å². The van der Waals surface area contributed by atoms with Crippen molar-refractivity contribution in [1.82, 2.24) is 0 Å². The minimum Gasteiger partial charge on any atom is -0.425 e. The average molecular weight is 237 g/mol. The molecule has 0 amide bonds. The maximum Gasteiger partial charge on any atom is 0.146 e. The monoisotopic (exact) mass is 236 g/mol. The van der Waals surface area contributed by atoms with Crippen LogP contribution in [0.5, 0.6) is 0 Å². The normalized spacial score (nSPS) is 36.4. The number of rotatable bonds is 1. The van der Waals surface area contributed by atoms with Crippen molar-refractivity contribution < 1.29 is 9.53 Å². The van der Waals surface area contributed by atoms with Crippen LogP contribution in [-0.2, 0) is 4.43 Å². The maximum absolute atomic E-state index is 9.39. The second-order valence-corrected chi connectivity index (χ2v) is 3.85. The van der Waals surface area contributed by atoms with Crippen LogP contribution in [0.2, 0.25) is 0 Å². The van der Waals surface area contributed by atoms with E-state index in [-0.39, 0.29) is 12.2 Å². The second-order valence-electron chi connectivity index (χ2n) is 2.92. The highest BCUT2D eigenvalue weighted by Crippen LogP contribution is 2.26. The standard InChI is InChI=1S/C7H13BrO2Si/c8-4-5-1-6(9)3-7(2-5)10-11/h4,6-7,9H,1-3H2,11H3. The van der Waals surface area contributed by atoms with Crippen molar-refractivity contribution in [2.75, 3.05) is 0 Å². The van der Waals surface area contributed by atoms with Crippen molar-refractivity contribution in [2.24, 2.45) is 0 Å². The number of hydrogen-bond donors (Lipinski definition) is 1. The van der Waals surface area contributed by atoms with Gasteiger partial charge in [-0.05, 0) is 24.2 Å². The molecule has 1 N–H and O–H groups in total. The molecule has 1 saturated carbocycles. The molecule has 2 nitrogen and oxygen atoms in total. The molecule has 0 heterocycles. The third-order valence-corrected chi connectivity index (χ3v) is 3.32. The molecule has 1 rings (SSSR count). The Morgan fingerprint density at radius 2 is 2.36 bits per heavy atom. The minimum atomic E-state index is -0.202. The Labute approximate surface area is 78.3 Å². The van der Waals surface area contributed by atoms with Gasteiger partial charge in [-0.1, -0.05) is 21.5 Å². The summed E-state index contributed by atoms with van der Waals surface area (Å²) in [5.41, 5.74) is 1.25. The molecule has 1 aliphatic rings. The molecule has 0 aromatic rings. The largest absolute Gasteiger partial charge is 0.425 e. The minimum absolute atomic E-state index is 0.202. The summed E-state index contributed by atoms with van der Waals surface area (Å²) in [6.45, 7) is 0. The van der Waals surface area contributed by atoms with Crippen LogP contribution >= 0.6 is 15.9 Å². The van der Waals surface area contributed by atoms with E-state index < -0.39 is 0 Å². The molecule has 0 radical (unpaired) electrons. The second kappa shape index (κ2) is 4.40. The Kier molecular flexibility index (Phi) is 3.78. The van der Waals surface area contributed by atoms with Crippen LogP contribution in [0.1, 0.15) is 19.3 Å². The van der Waals surface area contributed by atoms with Crippen LogP contribution in [0.25, 0.3) is 0 Å². The topological polar surface area (TPSA) is 29.5 Å². The summed E-state index contributed by atoms with van der Waals surface area (Å²) in [6.07, 6.45) is 2.63. The van der Waals surface area contributed by atoms with Crippen LogP contribution < -0.4 is 0 Å². The average Bonchev–Trinajstić information content (AvgIpc) is 2.03. The van der Waals surface area contributed by atoms with Crippen LogP contribution in [0.15, 0.2) is 10.6 Å². The van der Waals surface area contributed by atoms with Gasteiger partial charge in [-0.2, -0.15) is 0 Å². The lowest BCUT2D eigenvalue weighted by Crippen LogP contribution is -2.26.